The van der Waals surface area contributed by atoms with Crippen LogP contribution in [0.2, 0.25) is 0 Å². The van der Waals surface area contributed by atoms with Gasteiger partial charge in [-0.3, -0.25) is 0 Å². The van der Waals surface area contributed by atoms with Crippen LogP contribution in [0.4, 0.5) is 5.82 Å². The molecule has 102 valence electrons. The number of para-hydroxylation sites is 1. The summed E-state index contributed by atoms with van der Waals surface area (Å²) in [7, 11) is 2.10. The van der Waals surface area contributed by atoms with Crippen LogP contribution in [0.1, 0.15) is 31.7 Å². The Morgan fingerprint density at radius 2 is 2.00 bits per heavy atom. The average Bonchev–Trinajstić information content (AvgIpc) is 2.46. The molecule has 0 unspecified atom stereocenters. The average molecular weight is 257 g/mol. The summed E-state index contributed by atoms with van der Waals surface area (Å²) >= 11 is 0. The first-order chi connectivity index (χ1) is 9.26. The number of aromatic nitrogens is 1. The Morgan fingerprint density at radius 1 is 1.21 bits per heavy atom. The van der Waals surface area contributed by atoms with Gasteiger partial charge in [0.1, 0.15) is 5.82 Å². The van der Waals surface area contributed by atoms with Crippen molar-refractivity contribution in [2.75, 3.05) is 18.5 Å². The molecular formula is C16H23N3. The predicted molar refractivity (Wildman–Crippen MR) is 82.4 cm³/mol. The van der Waals surface area contributed by atoms with E-state index in [0.717, 1.165) is 28.8 Å². The molecule has 2 aromatic rings. The van der Waals surface area contributed by atoms with Gasteiger partial charge in [0.05, 0.1) is 5.52 Å². The van der Waals surface area contributed by atoms with E-state index in [1.807, 2.05) is 12.1 Å². The second kappa shape index (κ2) is 6.53. The van der Waals surface area contributed by atoms with Crippen LogP contribution in [0, 0.1) is 0 Å². The van der Waals surface area contributed by atoms with Crippen molar-refractivity contribution in [1.29, 1.82) is 0 Å². The van der Waals surface area contributed by atoms with Gasteiger partial charge in [0.25, 0.3) is 0 Å². The first-order valence-corrected chi connectivity index (χ1v) is 7.06. The topological polar surface area (TPSA) is 42.2 Å². The number of anilines is 1. The highest BCUT2D eigenvalue weighted by molar-refractivity contribution is 5.81. The molecule has 3 heteroatoms. The molecule has 1 heterocycles. The van der Waals surface area contributed by atoms with Crippen LogP contribution in [0.15, 0.2) is 30.3 Å². The van der Waals surface area contributed by atoms with E-state index in [1.165, 1.54) is 19.3 Å². The van der Waals surface area contributed by atoms with Gasteiger partial charge in [0, 0.05) is 31.1 Å². The molecule has 0 bridgehead atoms. The fraction of sp³-hybridized carbons (Fsp3) is 0.438. The number of hydrogen-bond donors (Lipinski definition) is 1. The van der Waals surface area contributed by atoms with E-state index in [9.17, 15) is 0 Å². The largest absolute Gasteiger partial charge is 0.359 e. The van der Waals surface area contributed by atoms with E-state index in [-0.39, 0.29) is 0 Å². The van der Waals surface area contributed by atoms with Crippen molar-refractivity contribution < 1.29 is 0 Å². The minimum atomic E-state index is 0.533. The van der Waals surface area contributed by atoms with Crippen molar-refractivity contribution in [2.45, 2.75) is 32.7 Å². The Kier molecular flexibility index (Phi) is 4.74. The molecule has 3 nitrogen and oxygen atoms in total. The number of nitrogens with two attached hydrogens (primary N) is 1. The molecule has 0 aliphatic heterocycles. The predicted octanol–water partition coefficient (Wildman–Crippen LogP) is 3.32. The standard InChI is InChI=1S/C16H23N3/c1-3-4-7-10-19(2)16-14(12-17)11-13-8-5-6-9-15(13)18-16/h5-6,8-9,11H,3-4,7,10,12,17H2,1-2H3. The molecule has 0 aliphatic carbocycles. The highest BCUT2D eigenvalue weighted by Crippen LogP contribution is 2.22. The smallest absolute Gasteiger partial charge is 0.133 e. The van der Waals surface area contributed by atoms with Crippen molar-refractivity contribution in [1.82, 2.24) is 4.98 Å². The van der Waals surface area contributed by atoms with E-state index in [2.05, 4.69) is 37.1 Å². The molecule has 0 radical (unpaired) electrons. The van der Waals surface area contributed by atoms with E-state index in [4.69, 9.17) is 10.7 Å². The lowest BCUT2D eigenvalue weighted by Crippen LogP contribution is -2.22. The van der Waals surface area contributed by atoms with Crippen LogP contribution in [0.25, 0.3) is 10.9 Å². The zero-order valence-corrected chi connectivity index (χ0v) is 11.9. The fourth-order valence-corrected chi connectivity index (χ4v) is 2.34. The van der Waals surface area contributed by atoms with Crippen LogP contribution in [-0.4, -0.2) is 18.6 Å². The highest BCUT2D eigenvalue weighted by atomic mass is 15.2. The third kappa shape index (κ3) is 3.24. The minimum absolute atomic E-state index is 0.533. The molecule has 0 spiro atoms. The Morgan fingerprint density at radius 3 is 2.74 bits per heavy atom. The Hall–Kier alpha value is -1.61. The molecule has 0 saturated heterocycles. The van der Waals surface area contributed by atoms with Crippen molar-refractivity contribution in [3.8, 4) is 0 Å². The maximum Gasteiger partial charge on any atom is 0.133 e. The van der Waals surface area contributed by atoms with Gasteiger partial charge in [0.15, 0.2) is 0 Å². The van der Waals surface area contributed by atoms with Crippen molar-refractivity contribution in [2.24, 2.45) is 5.73 Å². The monoisotopic (exact) mass is 257 g/mol. The fourth-order valence-electron chi connectivity index (χ4n) is 2.34. The van der Waals surface area contributed by atoms with Crippen LogP contribution in [0.5, 0.6) is 0 Å². The van der Waals surface area contributed by atoms with Crippen molar-refractivity contribution >= 4 is 16.7 Å². The molecule has 1 aromatic carbocycles. The zero-order valence-electron chi connectivity index (χ0n) is 11.9. The van der Waals surface area contributed by atoms with Crippen LogP contribution >= 0.6 is 0 Å². The second-order valence-corrected chi connectivity index (χ2v) is 5.00. The summed E-state index contributed by atoms with van der Waals surface area (Å²) < 4.78 is 0. The maximum absolute atomic E-state index is 5.87. The van der Waals surface area contributed by atoms with Gasteiger partial charge in [-0.05, 0) is 18.6 Å². The molecule has 0 aliphatic rings. The van der Waals surface area contributed by atoms with E-state index in [1.54, 1.807) is 0 Å². The lowest BCUT2D eigenvalue weighted by atomic mass is 10.1. The summed E-state index contributed by atoms with van der Waals surface area (Å²) in [5, 5.41) is 1.16. The summed E-state index contributed by atoms with van der Waals surface area (Å²) in [5.41, 5.74) is 8.03. The van der Waals surface area contributed by atoms with Gasteiger partial charge < -0.3 is 10.6 Å². The molecule has 19 heavy (non-hydrogen) atoms. The number of unbranched alkanes of at least 4 members (excludes halogenated alkanes) is 2. The van der Waals surface area contributed by atoms with Gasteiger partial charge >= 0.3 is 0 Å². The third-order valence-electron chi connectivity index (χ3n) is 3.46. The SMILES string of the molecule is CCCCCN(C)c1nc2ccccc2cc1CN. The summed E-state index contributed by atoms with van der Waals surface area (Å²) in [6.45, 7) is 3.79. The Labute approximate surface area is 115 Å². The van der Waals surface area contributed by atoms with Gasteiger partial charge in [-0.15, -0.1) is 0 Å². The number of hydrogen-bond acceptors (Lipinski definition) is 3. The molecule has 0 atom stereocenters. The van der Waals surface area contributed by atoms with E-state index >= 15 is 0 Å². The molecule has 0 fully saturated rings. The first kappa shape index (κ1) is 13.8. The molecule has 2 rings (SSSR count). The van der Waals surface area contributed by atoms with E-state index in [0.29, 0.717) is 6.54 Å². The lowest BCUT2D eigenvalue weighted by molar-refractivity contribution is 0.700. The Bertz CT molecular complexity index is 537. The van der Waals surface area contributed by atoms with Gasteiger partial charge in [0.2, 0.25) is 0 Å². The van der Waals surface area contributed by atoms with Crippen molar-refractivity contribution in [3.05, 3.63) is 35.9 Å². The number of benzene rings is 1. The third-order valence-corrected chi connectivity index (χ3v) is 3.46. The van der Waals surface area contributed by atoms with Crippen LogP contribution in [0.3, 0.4) is 0 Å². The summed E-state index contributed by atoms with van der Waals surface area (Å²) in [6.07, 6.45) is 3.70. The van der Waals surface area contributed by atoms with Crippen molar-refractivity contribution in [3.63, 3.8) is 0 Å². The highest BCUT2D eigenvalue weighted by Gasteiger charge is 2.09. The number of fused-ring (bicyclic) bond motifs is 1. The van der Waals surface area contributed by atoms with Crippen LogP contribution in [-0.2, 0) is 6.54 Å². The van der Waals surface area contributed by atoms with Gasteiger partial charge in [-0.1, -0.05) is 38.0 Å². The molecular weight excluding hydrogens is 234 g/mol. The number of nitrogens with zero attached hydrogens (tertiary/aromatic N) is 2. The molecule has 2 N–H and O–H groups in total. The molecule has 1 aromatic heterocycles. The van der Waals surface area contributed by atoms with E-state index < -0.39 is 0 Å². The summed E-state index contributed by atoms with van der Waals surface area (Å²) in [5.74, 6) is 1.03. The molecule has 0 amide bonds. The normalized spacial score (nSPS) is 10.9. The van der Waals surface area contributed by atoms with Gasteiger partial charge in [-0.2, -0.15) is 0 Å². The quantitative estimate of drug-likeness (QED) is 0.807. The maximum atomic E-state index is 5.87. The summed E-state index contributed by atoms with van der Waals surface area (Å²) in [4.78, 5) is 7.00. The van der Waals surface area contributed by atoms with Crippen LogP contribution < -0.4 is 10.6 Å². The summed E-state index contributed by atoms with van der Waals surface area (Å²) in [6, 6.07) is 10.4. The minimum Gasteiger partial charge on any atom is -0.359 e. The second-order valence-electron chi connectivity index (χ2n) is 5.00. The van der Waals surface area contributed by atoms with Gasteiger partial charge in [-0.25, -0.2) is 4.98 Å². The molecule has 0 saturated carbocycles. The zero-order chi connectivity index (χ0) is 13.7. The lowest BCUT2D eigenvalue weighted by Gasteiger charge is -2.21. The first-order valence-electron chi connectivity index (χ1n) is 7.06. The Balaban J connectivity index is 2.29. The number of pyridine rings is 1. The number of rotatable bonds is 6.